The van der Waals surface area contributed by atoms with E-state index in [1.165, 1.54) is 19.2 Å². The number of carbonyl (C=O) groups excluding carboxylic acids is 1. The molecule has 3 N–H and O–H groups in total. The van der Waals surface area contributed by atoms with E-state index >= 15 is 0 Å². The zero-order chi connectivity index (χ0) is 15.4. The molecule has 1 amide bonds. The van der Waals surface area contributed by atoms with Crippen LogP contribution in [0.5, 0.6) is 5.75 Å². The molecule has 0 aliphatic heterocycles. The molecule has 7 nitrogen and oxygen atoms in total. The number of methoxy groups -OCH3 is 1. The molecule has 2 unspecified atom stereocenters. The number of carbonyl (C=O) groups is 1. The summed E-state index contributed by atoms with van der Waals surface area (Å²) in [6, 6.07) is 4.20. The van der Waals surface area contributed by atoms with E-state index in [-0.39, 0.29) is 29.3 Å². The summed E-state index contributed by atoms with van der Waals surface area (Å²) >= 11 is 0. The number of nitro groups is 1. The van der Waals surface area contributed by atoms with Crippen LogP contribution in [0.15, 0.2) is 18.2 Å². The molecule has 1 aromatic carbocycles. The van der Waals surface area contributed by atoms with E-state index in [1.807, 2.05) is 0 Å². The Balaban J connectivity index is 2.13. The molecule has 2 rings (SSSR count). The Hall–Kier alpha value is -2.15. The van der Waals surface area contributed by atoms with E-state index in [0.29, 0.717) is 5.69 Å². The van der Waals surface area contributed by atoms with Crippen LogP contribution in [0, 0.1) is 16.0 Å². The van der Waals surface area contributed by atoms with Gasteiger partial charge in [-0.05, 0) is 25.0 Å². The van der Waals surface area contributed by atoms with Crippen LogP contribution in [-0.2, 0) is 4.79 Å². The minimum absolute atomic E-state index is 0.146. The van der Waals surface area contributed by atoms with Gasteiger partial charge in [-0.15, -0.1) is 0 Å². The van der Waals surface area contributed by atoms with Gasteiger partial charge in [0.05, 0.1) is 18.0 Å². The number of nitrogens with two attached hydrogens (primary N) is 1. The van der Waals surface area contributed by atoms with Crippen LogP contribution in [0.4, 0.5) is 11.4 Å². The second kappa shape index (κ2) is 6.53. The number of hydrogen-bond donors (Lipinski definition) is 2. The standard InChI is InChI=1S/C14H19N3O4/c1-21-13-7-6-9(8-12(13)17(19)20)16-14(18)10-4-2-3-5-11(10)15/h6-8,10-11H,2-5,15H2,1H3,(H,16,18). The van der Waals surface area contributed by atoms with E-state index in [2.05, 4.69) is 5.32 Å². The Morgan fingerprint density at radius 3 is 2.76 bits per heavy atom. The lowest BCUT2D eigenvalue weighted by Crippen LogP contribution is -2.40. The van der Waals surface area contributed by atoms with Crippen LogP contribution in [0.3, 0.4) is 0 Å². The number of nitro benzene ring substituents is 1. The SMILES string of the molecule is COc1ccc(NC(=O)C2CCCCC2N)cc1[N+](=O)[O-]. The first kappa shape index (κ1) is 15.2. The molecule has 1 aliphatic rings. The first-order valence-corrected chi connectivity index (χ1v) is 6.92. The van der Waals surface area contributed by atoms with Gasteiger partial charge in [-0.25, -0.2) is 0 Å². The third-order valence-electron chi connectivity index (χ3n) is 3.80. The van der Waals surface area contributed by atoms with Crippen molar-refractivity contribution in [1.82, 2.24) is 0 Å². The van der Waals surface area contributed by atoms with E-state index < -0.39 is 4.92 Å². The Morgan fingerprint density at radius 1 is 1.43 bits per heavy atom. The largest absolute Gasteiger partial charge is 0.490 e. The molecule has 0 spiro atoms. The third kappa shape index (κ3) is 3.49. The summed E-state index contributed by atoms with van der Waals surface area (Å²) in [7, 11) is 1.36. The topological polar surface area (TPSA) is 107 Å². The Bertz CT molecular complexity index is 547. The summed E-state index contributed by atoms with van der Waals surface area (Å²) < 4.78 is 4.93. The lowest BCUT2D eigenvalue weighted by molar-refractivity contribution is -0.385. The average Bonchev–Trinajstić information content (AvgIpc) is 2.47. The molecule has 0 bridgehead atoms. The number of amides is 1. The van der Waals surface area contributed by atoms with Gasteiger partial charge in [0.2, 0.25) is 5.91 Å². The quantitative estimate of drug-likeness (QED) is 0.652. The third-order valence-corrected chi connectivity index (χ3v) is 3.80. The number of nitrogens with one attached hydrogen (secondary N) is 1. The fraction of sp³-hybridized carbons (Fsp3) is 0.500. The monoisotopic (exact) mass is 293 g/mol. The molecule has 0 aromatic heterocycles. The van der Waals surface area contributed by atoms with Crippen molar-refractivity contribution < 1.29 is 14.5 Å². The second-order valence-corrected chi connectivity index (χ2v) is 5.19. The fourth-order valence-corrected chi connectivity index (χ4v) is 2.63. The highest BCUT2D eigenvalue weighted by Crippen LogP contribution is 2.30. The predicted octanol–water partition coefficient (Wildman–Crippen LogP) is 2.06. The molecule has 1 aliphatic carbocycles. The average molecular weight is 293 g/mol. The second-order valence-electron chi connectivity index (χ2n) is 5.19. The van der Waals surface area contributed by atoms with E-state index in [0.717, 1.165) is 25.7 Å². The predicted molar refractivity (Wildman–Crippen MR) is 78.2 cm³/mol. The van der Waals surface area contributed by atoms with Gasteiger partial charge in [0.15, 0.2) is 5.75 Å². The normalized spacial score (nSPS) is 21.6. The van der Waals surface area contributed by atoms with Crippen molar-refractivity contribution in [3.63, 3.8) is 0 Å². The number of nitrogens with zero attached hydrogens (tertiary/aromatic N) is 1. The van der Waals surface area contributed by atoms with Crippen LogP contribution in [0.25, 0.3) is 0 Å². The van der Waals surface area contributed by atoms with Gasteiger partial charge in [-0.2, -0.15) is 0 Å². The number of hydrogen-bond acceptors (Lipinski definition) is 5. The maximum Gasteiger partial charge on any atom is 0.312 e. The molecular weight excluding hydrogens is 274 g/mol. The molecule has 0 saturated heterocycles. The van der Waals surface area contributed by atoms with Crippen molar-refractivity contribution in [2.45, 2.75) is 31.7 Å². The first-order chi connectivity index (χ1) is 10.0. The van der Waals surface area contributed by atoms with Gasteiger partial charge in [-0.1, -0.05) is 12.8 Å². The number of anilines is 1. The number of ether oxygens (including phenoxy) is 1. The molecular formula is C14H19N3O4. The highest BCUT2D eigenvalue weighted by Gasteiger charge is 2.28. The highest BCUT2D eigenvalue weighted by molar-refractivity contribution is 5.93. The van der Waals surface area contributed by atoms with Crippen molar-refractivity contribution in [2.24, 2.45) is 11.7 Å². The van der Waals surface area contributed by atoms with Crippen molar-refractivity contribution in [3.8, 4) is 5.75 Å². The van der Waals surface area contributed by atoms with E-state index in [4.69, 9.17) is 10.5 Å². The summed E-state index contributed by atoms with van der Waals surface area (Å²) in [5.41, 5.74) is 6.17. The van der Waals surface area contributed by atoms with E-state index in [1.54, 1.807) is 6.07 Å². The molecule has 2 atom stereocenters. The molecule has 21 heavy (non-hydrogen) atoms. The Morgan fingerprint density at radius 2 is 2.14 bits per heavy atom. The van der Waals surface area contributed by atoms with Gasteiger partial charge in [0.25, 0.3) is 0 Å². The molecule has 0 radical (unpaired) electrons. The number of rotatable bonds is 4. The van der Waals surface area contributed by atoms with Crippen molar-refractivity contribution in [1.29, 1.82) is 0 Å². The highest BCUT2D eigenvalue weighted by atomic mass is 16.6. The lowest BCUT2D eigenvalue weighted by Gasteiger charge is -2.27. The zero-order valence-electron chi connectivity index (χ0n) is 11.9. The fourth-order valence-electron chi connectivity index (χ4n) is 2.63. The minimum Gasteiger partial charge on any atom is -0.490 e. The van der Waals surface area contributed by atoms with Gasteiger partial charge in [0.1, 0.15) is 0 Å². The van der Waals surface area contributed by atoms with Crippen LogP contribution >= 0.6 is 0 Å². The first-order valence-electron chi connectivity index (χ1n) is 6.92. The zero-order valence-corrected chi connectivity index (χ0v) is 11.9. The van der Waals surface area contributed by atoms with Crippen LogP contribution < -0.4 is 15.8 Å². The Labute approximate surface area is 122 Å². The molecule has 114 valence electrons. The smallest absolute Gasteiger partial charge is 0.312 e. The Kier molecular flexibility index (Phi) is 4.74. The maximum absolute atomic E-state index is 12.2. The molecule has 0 heterocycles. The van der Waals surface area contributed by atoms with Crippen LogP contribution in [-0.4, -0.2) is 24.0 Å². The minimum atomic E-state index is -0.541. The molecule has 1 saturated carbocycles. The summed E-state index contributed by atoms with van der Waals surface area (Å²) in [6.07, 6.45) is 3.61. The molecule has 1 aromatic rings. The summed E-state index contributed by atoms with van der Waals surface area (Å²) in [5, 5.41) is 13.7. The van der Waals surface area contributed by atoms with E-state index in [9.17, 15) is 14.9 Å². The van der Waals surface area contributed by atoms with Crippen LogP contribution in [0.1, 0.15) is 25.7 Å². The van der Waals surface area contributed by atoms with Crippen molar-refractivity contribution in [3.05, 3.63) is 28.3 Å². The van der Waals surface area contributed by atoms with Gasteiger partial charge < -0.3 is 15.8 Å². The number of benzene rings is 1. The van der Waals surface area contributed by atoms with Gasteiger partial charge in [-0.3, -0.25) is 14.9 Å². The summed E-state index contributed by atoms with van der Waals surface area (Å²) in [5.74, 6) is -0.256. The van der Waals surface area contributed by atoms with Crippen LogP contribution in [0.2, 0.25) is 0 Å². The summed E-state index contributed by atoms with van der Waals surface area (Å²) in [4.78, 5) is 22.6. The van der Waals surface area contributed by atoms with Gasteiger partial charge in [0, 0.05) is 17.8 Å². The maximum atomic E-state index is 12.2. The van der Waals surface area contributed by atoms with Gasteiger partial charge >= 0.3 is 5.69 Å². The molecule has 1 fully saturated rings. The summed E-state index contributed by atoms with van der Waals surface area (Å²) in [6.45, 7) is 0. The van der Waals surface area contributed by atoms with Crippen molar-refractivity contribution in [2.75, 3.05) is 12.4 Å². The lowest BCUT2D eigenvalue weighted by atomic mass is 9.84. The van der Waals surface area contributed by atoms with Crippen molar-refractivity contribution >= 4 is 17.3 Å². The molecule has 7 heteroatoms.